The van der Waals surface area contributed by atoms with Crippen molar-refractivity contribution in [1.82, 2.24) is 4.98 Å². The number of esters is 1. The highest BCUT2D eigenvalue weighted by Gasteiger charge is 2.49. The highest BCUT2D eigenvalue weighted by atomic mass is 35.5. The Morgan fingerprint density at radius 1 is 1.10 bits per heavy atom. The molecule has 2 unspecified atom stereocenters. The number of rotatable bonds is 8. The van der Waals surface area contributed by atoms with E-state index in [1.165, 1.54) is 18.4 Å². The zero-order valence-electron chi connectivity index (χ0n) is 21.5. The lowest BCUT2D eigenvalue weighted by Gasteiger charge is -2.45. The standard InChI is InChI=1S/C29H29ClN2O7S/c1-37-29(36)23(31)22(15-6-3-2-4-7-15)28-26(35)24(33)25(34)27(39-28)16-9-10-18(30)17(12-16)13-21-32-14-20(40-21)19-8-5-11-38-19/h2-12,14,22-28,33-35H,13,31H2,1H3/t22?,23?,24-,25+,26-,27-,28+/m0/s1. The van der Waals surface area contributed by atoms with Crippen LogP contribution in [0.5, 0.6) is 0 Å². The zero-order valence-corrected chi connectivity index (χ0v) is 23.0. The van der Waals surface area contributed by atoms with E-state index in [4.69, 9.17) is 31.2 Å². The van der Waals surface area contributed by atoms with Crippen molar-refractivity contribution < 1.29 is 34.0 Å². The Labute approximate surface area is 239 Å². The van der Waals surface area contributed by atoms with Crippen molar-refractivity contribution in [2.45, 2.75) is 48.9 Å². The highest BCUT2D eigenvalue weighted by Crippen LogP contribution is 2.40. The number of nitrogens with two attached hydrogens (primary N) is 1. The molecule has 1 aliphatic heterocycles. The maximum Gasteiger partial charge on any atom is 0.323 e. The molecule has 210 valence electrons. The molecule has 1 saturated heterocycles. The van der Waals surface area contributed by atoms with Crippen LogP contribution in [0.3, 0.4) is 0 Å². The summed E-state index contributed by atoms with van der Waals surface area (Å²) in [5.41, 5.74) is 8.17. The van der Waals surface area contributed by atoms with E-state index in [9.17, 15) is 20.1 Å². The van der Waals surface area contributed by atoms with E-state index < -0.39 is 48.4 Å². The molecule has 7 atom stereocenters. The molecule has 0 bridgehead atoms. The molecule has 0 aliphatic carbocycles. The first kappa shape index (κ1) is 28.4. The van der Waals surface area contributed by atoms with Crippen molar-refractivity contribution in [3.8, 4) is 10.6 Å². The number of benzene rings is 2. The maximum absolute atomic E-state index is 12.5. The van der Waals surface area contributed by atoms with E-state index in [0.717, 1.165) is 21.2 Å². The molecule has 1 aliphatic rings. The summed E-state index contributed by atoms with van der Waals surface area (Å²) in [5, 5.41) is 34.2. The molecule has 2 aromatic heterocycles. The van der Waals surface area contributed by atoms with E-state index in [1.54, 1.807) is 61.0 Å². The molecule has 5 N–H and O–H groups in total. The third-order valence-corrected chi connectivity index (χ3v) is 8.49. The Morgan fingerprint density at radius 2 is 1.88 bits per heavy atom. The van der Waals surface area contributed by atoms with Crippen molar-refractivity contribution in [2.75, 3.05) is 7.11 Å². The quantitative estimate of drug-likeness (QED) is 0.228. The monoisotopic (exact) mass is 584 g/mol. The highest BCUT2D eigenvalue weighted by molar-refractivity contribution is 7.15. The van der Waals surface area contributed by atoms with E-state index in [1.807, 2.05) is 12.1 Å². The van der Waals surface area contributed by atoms with Crippen LogP contribution in [0, 0.1) is 0 Å². The second-order valence-electron chi connectivity index (χ2n) is 9.60. The number of methoxy groups -OCH3 is 1. The van der Waals surface area contributed by atoms with Gasteiger partial charge in [0.15, 0.2) is 0 Å². The fourth-order valence-electron chi connectivity index (χ4n) is 5.03. The molecule has 4 aromatic rings. The molecule has 3 heterocycles. The number of ether oxygens (including phenoxy) is 2. The van der Waals surface area contributed by atoms with Crippen LogP contribution in [0.4, 0.5) is 0 Å². The van der Waals surface area contributed by atoms with Crippen molar-refractivity contribution in [1.29, 1.82) is 0 Å². The molecule has 1 fully saturated rings. The number of carbonyl (C=O) groups is 1. The first-order chi connectivity index (χ1) is 19.3. The number of aliphatic hydroxyl groups is 3. The smallest absolute Gasteiger partial charge is 0.323 e. The Hall–Kier alpha value is -3.09. The average molecular weight is 585 g/mol. The summed E-state index contributed by atoms with van der Waals surface area (Å²) in [5.74, 6) is -0.859. The lowest BCUT2D eigenvalue weighted by Crippen LogP contribution is -2.59. The molecule has 9 nitrogen and oxygen atoms in total. The Balaban J connectivity index is 1.45. The third-order valence-electron chi connectivity index (χ3n) is 7.11. The van der Waals surface area contributed by atoms with Gasteiger partial charge in [0.1, 0.15) is 36.2 Å². The van der Waals surface area contributed by atoms with E-state index in [-0.39, 0.29) is 0 Å². The fraction of sp³-hybridized carbons (Fsp3) is 0.310. The topological polar surface area (TPSA) is 148 Å². The summed E-state index contributed by atoms with van der Waals surface area (Å²) in [6.07, 6.45) is -3.01. The van der Waals surface area contributed by atoms with Crippen LogP contribution in [-0.2, 0) is 20.7 Å². The van der Waals surface area contributed by atoms with Gasteiger partial charge in [0, 0.05) is 23.6 Å². The molecular weight excluding hydrogens is 556 g/mol. The van der Waals surface area contributed by atoms with Crippen molar-refractivity contribution in [2.24, 2.45) is 5.73 Å². The van der Waals surface area contributed by atoms with Gasteiger partial charge in [-0.1, -0.05) is 54.1 Å². The molecule has 2 aromatic carbocycles. The Bertz CT molecular complexity index is 1430. The van der Waals surface area contributed by atoms with Crippen LogP contribution < -0.4 is 5.73 Å². The number of carbonyl (C=O) groups excluding carboxylic acids is 1. The predicted octanol–water partition coefficient (Wildman–Crippen LogP) is 3.45. The molecule has 0 spiro atoms. The van der Waals surface area contributed by atoms with Gasteiger partial charge >= 0.3 is 5.97 Å². The second kappa shape index (κ2) is 12.2. The fourth-order valence-corrected chi connectivity index (χ4v) is 6.13. The van der Waals surface area contributed by atoms with Crippen LogP contribution >= 0.6 is 22.9 Å². The van der Waals surface area contributed by atoms with Crippen LogP contribution in [0.1, 0.15) is 33.7 Å². The summed E-state index contributed by atoms with van der Waals surface area (Å²) < 4.78 is 16.6. The minimum atomic E-state index is -1.58. The van der Waals surface area contributed by atoms with Gasteiger partial charge in [-0.05, 0) is 34.9 Å². The third kappa shape index (κ3) is 5.70. The van der Waals surface area contributed by atoms with Crippen LogP contribution in [0.2, 0.25) is 5.02 Å². The van der Waals surface area contributed by atoms with Gasteiger partial charge in [-0.25, -0.2) is 4.98 Å². The van der Waals surface area contributed by atoms with Gasteiger partial charge < -0.3 is 34.9 Å². The van der Waals surface area contributed by atoms with E-state index >= 15 is 0 Å². The largest absolute Gasteiger partial charge is 0.468 e. The van der Waals surface area contributed by atoms with Gasteiger partial charge in [-0.3, -0.25) is 4.79 Å². The van der Waals surface area contributed by atoms with E-state index in [0.29, 0.717) is 22.6 Å². The first-order valence-electron chi connectivity index (χ1n) is 12.6. The number of hydrogen-bond acceptors (Lipinski definition) is 10. The number of aromatic nitrogens is 1. The molecule has 0 radical (unpaired) electrons. The lowest BCUT2D eigenvalue weighted by atomic mass is 9.79. The SMILES string of the molecule is COC(=O)C(N)C(c1ccccc1)[C@H]1O[C@@H](c2ccc(Cl)c(Cc3ncc(-c4ccco4)s3)c2)[C@H](O)[C@H](O)[C@@H]1O. The van der Waals surface area contributed by atoms with Crippen LogP contribution in [-0.4, -0.2) is 63.8 Å². The number of nitrogens with zero attached hydrogens (tertiary/aromatic N) is 1. The molecule has 5 rings (SSSR count). The van der Waals surface area contributed by atoms with Gasteiger partial charge in [0.2, 0.25) is 0 Å². The second-order valence-corrected chi connectivity index (χ2v) is 11.1. The Kier molecular flexibility index (Phi) is 8.67. The first-order valence-corrected chi connectivity index (χ1v) is 13.8. The predicted molar refractivity (Wildman–Crippen MR) is 149 cm³/mol. The minimum absolute atomic E-state index is 0.412. The lowest BCUT2D eigenvalue weighted by molar-refractivity contribution is -0.231. The molecule has 0 amide bonds. The number of thiazole rings is 1. The van der Waals surface area contributed by atoms with Crippen LogP contribution in [0.25, 0.3) is 10.6 Å². The number of furan rings is 1. The van der Waals surface area contributed by atoms with E-state index in [2.05, 4.69) is 4.98 Å². The van der Waals surface area contributed by atoms with Gasteiger partial charge in [0.05, 0.1) is 29.4 Å². The molecule has 40 heavy (non-hydrogen) atoms. The van der Waals surface area contributed by atoms with Gasteiger partial charge in [0.25, 0.3) is 0 Å². The summed E-state index contributed by atoms with van der Waals surface area (Å²) in [6.45, 7) is 0. The molecular formula is C29H29ClN2O7S. The van der Waals surface area contributed by atoms with Gasteiger partial charge in [-0.15, -0.1) is 11.3 Å². The van der Waals surface area contributed by atoms with Crippen molar-refractivity contribution in [3.63, 3.8) is 0 Å². The van der Waals surface area contributed by atoms with Crippen molar-refractivity contribution >= 4 is 28.9 Å². The Morgan fingerprint density at radius 3 is 2.58 bits per heavy atom. The normalized spacial score (nSPS) is 24.4. The maximum atomic E-state index is 12.5. The van der Waals surface area contributed by atoms with Crippen molar-refractivity contribution in [3.05, 3.63) is 99.8 Å². The summed E-state index contributed by atoms with van der Waals surface area (Å²) in [7, 11) is 1.22. The number of halogens is 1. The number of hydrogen-bond donors (Lipinski definition) is 4. The minimum Gasteiger partial charge on any atom is -0.468 e. The van der Waals surface area contributed by atoms with Gasteiger partial charge in [-0.2, -0.15) is 0 Å². The average Bonchev–Trinajstić information content (AvgIpc) is 3.67. The van der Waals surface area contributed by atoms with Crippen LogP contribution in [0.15, 0.2) is 77.5 Å². The summed E-state index contributed by atoms with van der Waals surface area (Å²) in [6, 6.07) is 16.5. The zero-order chi connectivity index (χ0) is 28.4. The summed E-state index contributed by atoms with van der Waals surface area (Å²) >= 11 is 8.00. The number of aliphatic hydroxyl groups excluding tert-OH is 3. The summed E-state index contributed by atoms with van der Waals surface area (Å²) in [4.78, 5) is 17.9. The molecule has 11 heteroatoms. The molecule has 0 saturated carbocycles.